The molecule has 0 saturated heterocycles. The summed E-state index contributed by atoms with van der Waals surface area (Å²) in [4.78, 5) is 138. The van der Waals surface area contributed by atoms with E-state index in [1.807, 2.05) is 62.4 Å². The fraction of sp³-hybridized carbons (Fsp3) is 0.532. The molecule has 0 saturated carbocycles. The highest BCUT2D eigenvalue weighted by Crippen LogP contribution is 2.45. The normalized spacial score (nSPS) is 15.8. The number of hydrogen-bond donors (Lipinski definition) is 10. The Morgan fingerprint density at radius 1 is 0.633 bits per heavy atom. The summed E-state index contributed by atoms with van der Waals surface area (Å²) in [6.45, 7) is 22.9. The first-order chi connectivity index (χ1) is 41.7. The van der Waals surface area contributed by atoms with Gasteiger partial charge in [0, 0.05) is 24.4 Å². The third-order valence-electron chi connectivity index (χ3n) is 14.5. The zero-order chi connectivity index (χ0) is 67.5. The second kappa shape index (κ2) is 29.7. The average molecular weight is 1280 g/mol. The predicted molar refractivity (Wildman–Crippen MR) is 330 cm³/mol. The van der Waals surface area contributed by atoms with Crippen LogP contribution in [0.5, 0.6) is 5.75 Å². The van der Waals surface area contributed by atoms with E-state index in [1.165, 1.54) is 20.8 Å². The summed E-state index contributed by atoms with van der Waals surface area (Å²) >= 11 is 0. The van der Waals surface area contributed by atoms with Gasteiger partial charge < -0.3 is 67.0 Å². The van der Waals surface area contributed by atoms with E-state index in [4.69, 9.17) is 24.7 Å². The predicted octanol–water partition coefficient (Wildman–Crippen LogP) is 3.14. The SMILES string of the molecule is Cc1c(C)c(S(=O)(=O)NC(N)=NCCC[C@H](NC(=O)[C@H](C)NC(=O)[C@H](CC(=O)OC(C)(C)C)NC(=O)[C@H](C)NC(=O)OCC2c3ccccc3-c3ccccc32)C(=O)N[C@@H](C)C(=O)N[C@@H](CC(=O)OC(C)(C)C)C(=O)N[C@@H](C)C(=O)O)c(C)c2c1OC(C)(C)C2. The lowest BCUT2D eigenvalue weighted by Gasteiger charge is -2.26. The van der Waals surface area contributed by atoms with Gasteiger partial charge in [-0.05, 0) is 156 Å². The summed E-state index contributed by atoms with van der Waals surface area (Å²) < 4.78 is 52.6. The Morgan fingerprint density at radius 3 is 1.53 bits per heavy atom. The number of rotatable bonds is 26. The molecule has 7 atom stereocenters. The van der Waals surface area contributed by atoms with Gasteiger partial charge in [0.15, 0.2) is 0 Å². The molecule has 27 nitrogen and oxygen atoms in total. The van der Waals surface area contributed by atoms with Crippen LogP contribution in [0.15, 0.2) is 58.4 Å². The van der Waals surface area contributed by atoms with E-state index in [0.29, 0.717) is 28.9 Å². The second-order valence-electron chi connectivity index (χ2n) is 25.1. The third-order valence-corrected chi connectivity index (χ3v) is 16.1. The number of carboxylic acids is 1. The van der Waals surface area contributed by atoms with Gasteiger partial charge in [-0.25, -0.2) is 17.9 Å². The highest BCUT2D eigenvalue weighted by Gasteiger charge is 2.39. The van der Waals surface area contributed by atoms with Crippen LogP contribution in [0.25, 0.3) is 11.1 Å². The first-order valence-electron chi connectivity index (χ1n) is 29.4. The molecule has 90 heavy (non-hydrogen) atoms. The van der Waals surface area contributed by atoms with E-state index >= 15 is 0 Å². The monoisotopic (exact) mass is 1270 g/mol. The van der Waals surface area contributed by atoms with E-state index in [-0.39, 0.29) is 36.8 Å². The van der Waals surface area contributed by atoms with Crippen LogP contribution in [0.1, 0.15) is 148 Å². The van der Waals surface area contributed by atoms with Crippen LogP contribution >= 0.6 is 0 Å². The standard InChI is InChI=1S/C62H86N10O17S/c1-31-32(2)50(33(3)42-29-62(14,15)89-49(31)42)90(84,85)72-58(63)64-26-20-25-44(54(78)65-35(5)52(76)70-46(28-48(74)88-61(11,12)13)56(80)67-37(7)57(81)82)69-51(75)34(4)66-55(79)45(27-47(73)87-60(8,9)10)71-53(77)36(6)68-59(83)86-30-43-40-23-18-16-21-38(40)39-22-17-19-24-41(39)43/h16-19,21-24,34-37,43-46H,20,25-30H2,1-15H3,(H,65,78)(H,66,79)(H,67,80)(H,68,83)(H,69,75)(H,70,76)(H,71,77)(H,81,82)(H3,63,64,72)/t34-,35-,36-,37-,44-,45-,46-/m0/s1. The lowest BCUT2D eigenvalue weighted by Crippen LogP contribution is -2.59. The molecule has 0 bridgehead atoms. The number of alkyl carbamates (subject to hydrolysis) is 1. The van der Waals surface area contributed by atoms with Crippen LogP contribution < -0.4 is 52.4 Å². The molecule has 0 fully saturated rings. The van der Waals surface area contributed by atoms with Gasteiger partial charge in [0.1, 0.15) is 71.5 Å². The summed E-state index contributed by atoms with van der Waals surface area (Å²) in [7, 11) is -4.33. The summed E-state index contributed by atoms with van der Waals surface area (Å²) in [5.41, 5.74) is 9.74. The Kier molecular flexibility index (Phi) is 23.7. The largest absolute Gasteiger partial charge is 0.487 e. The Hall–Kier alpha value is -8.82. The molecular weight excluding hydrogens is 1190 g/mol. The molecule has 0 spiro atoms. The highest BCUT2D eigenvalue weighted by atomic mass is 32.2. The maximum absolute atomic E-state index is 14.2. The fourth-order valence-electron chi connectivity index (χ4n) is 10.1. The van der Waals surface area contributed by atoms with E-state index in [9.17, 15) is 61.5 Å². The van der Waals surface area contributed by atoms with E-state index in [2.05, 4.69) is 46.9 Å². The lowest BCUT2D eigenvalue weighted by atomic mass is 9.94. The molecule has 0 aromatic heterocycles. The maximum Gasteiger partial charge on any atom is 0.407 e. The number of nitrogens with zero attached hydrogens (tertiary/aromatic N) is 1. The quantitative estimate of drug-likeness (QED) is 0.0181. The van der Waals surface area contributed by atoms with Crippen LogP contribution in [0, 0.1) is 20.8 Å². The molecule has 5 rings (SSSR count). The van der Waals surface area contributed by atoms with Gasteiger partial charge in [-0.1, -0.05) is 48.5 Å². The molecule has 1 heterocycles. The van der Waals surface area contributed by atoms with Crippen molar-refractivity contribution in [1.82, 2.24) is 41.9 Å². The van der Waals surface area contributed by atoms with Gasteiger partial charge in [0.2, 0.25) is 41.4 Å². The molecule has 3 aromatic carbocycles. The van der Waals surface area contributed by atoms with Gasteiger partial charge in [-0.3, -0.25) is 48.1 Å². The van der Waals surface area contributed by atoms with Gasteiger partial charge >= 0.3 is 24.0 Å². The minimum atomic E-state index is -4.33. The number of guanidine groups is 1. The van der Waals surface area contributed by atoms with Gasteiger partial charge in [-0.15, -0.1) is 0 Å². The number of esters is 2. The molecule has 7 amide bonds. The van der Waals surface area contributed by atoms with Crippen molar-refractivity contribution in [2.45, 2.75) is 206 Å². The number of sulfonamides is 1. The number of amides is 7. The Labute approximate surface area is 524 Å². The molecule has 2 aliphatic rings. The van der Waals surface area contributed by atoms with Crippen molar-refractivity contribution in [3.05, 3.63) is 81.9 Å². The minimum Gasteiger partial charge on any atom is -0.487 e. The number of nitrogens with two attached hydrogens (primary N) is 1. The Balaban J connectivity index is 1.32. The molecule has 11 N–H and O–H groups in total. The van der Waals surface area contributed by atoms with Gasteiger partial charge in [0.25, 0.3) is 10.0 Å². The van der Waals surface area contributed by atoms with Crippen molar-refractivity contribution < 1.29 is 80.4 Å². The zero-order valence-corrected chi connectivity index (χ0v) is 54.4. The van der Waals surface area contributed by atoms with Crippen LogP contribution in [-0.4, -0.2) is 151 Å². The molecule has 492 valence electrons. The number of ether oxygens (including phenoxy) is 4. The minimum absolute atomic E-state index is 0.000164. The van der Waals surface area contributed by atoms with Crippen molar-refractivity contribution in [3.8, 4) is 16.9 Å². The first kappa shape index (κ1) is 71.9. The molecule has 1 aliphatic carbocycles. The maximum atomic E-state index is 14.2. The van der Waals surface area contributed by atoms with E-state index < -0.39 is 147 Å². The van der Waals surface area contributed by atoms with Crippen molar-refractivity contribution in [2.75, 3.05) is 13.2 Å². The van der Waals surface area contributed by atoms with Crippen LogP contribution in [-0.2, 0) is 73.8 Å². The van der Waals surface area contributed by atoms with Crippen LogP contribution in [0.3, 0.4) is 0 Å². The molecule has 28 heteroatoms. The summed E-state index contributed by atoms with van der Waals surface area (Å²) in [6.07, 6.45) is -2.35. The molecular formula is C62H86N10O17S. The number of aliphatic imine (C=N–C) groups is 1. The topological polar surface area (TPSA) is 397 Å². The number of nitrogens with one attached hydrogen (secondary N) is 8. The van der Waals surface area contributed by atoms with E-state index in [1.54, 1.807) is 62.3 Å². The van der Waals surface area contributed by atoms with Crippen molar-refractivity contribution in [2.24, 2.45) is 10.7 Å². The van der Waals surface area contributed by atoms with Crippen molar-refractivity contribution in [3.63, 3.8) is 0 Å². The number of fused-ring (bicyclic) bond motifs is 4. The van der Waals surface area contributed by atoms with Gasteiger partial charge in [-0.2, -0.15) is 0 Å². The smallest absolute Gasteiger partial charge is 0.407 e. The highest BCUT2D eigenvalue weighted by molar-refractivity contribution is 7.90. The summed E-state index contributed by atoms with van der Waals surface area (Å²) in [5, 5.41) is 26.2. The lowest BCUT2D eigenvalue weighted by molar-refractivity contribution is -0.157. The number of benzene rings is 3. The number of hydrogen-bond acceptors (Lipinski definition) is 17. The fourth-order valence-corrected chi connectivity index (χ4v) is 11.6. The molecule has 1 aliphatic heterocycles. The molecule has 3 aromatic rings. The summed E-state index contributed by atoms with van der Waals surface area (Å²) in [6, 6.07) is 4.61. The summed E-state index contributed by atoms with van der Waals surface area (Å²) in [5.74, 6) is -9.55. The Morgan fingerprint density at radius 2 is 1.07 bits per heavy atom. The first-order valence-corrected chi connectivity index (χ1v) is 30.9. The Bertz CT molecular complexity index is 3360. The number of carbonyl (C=O) groups is 10. The van der Waals surface area contributed by atoms with Gasteiger partial charge in [0.05, 0.1) is 17.7 Å². The second-order valence-corrected chi connectivity index (χ2v) is 26.7. The van der Waals surface area contributed by atoms with Crippen molar-refractivity contribution in [1.29, 1.82) is 0 Å². The van der Waals surface area contributed by atoms with Crippen LogP contribution in [0.2, 0.25) is 0 Å². The number of aliphatic carboxylic acids is 1. The van der Waals surface area contributed by atoms with Crippen LogP contribution in [0.4, 0.5) is 4.79 Å². The number of carbonyl (C=O) groups excluding carboxylic acids is 9. The van der Waals surface area contributed by atoms with E-state index in [0.717, 1.165) is 34.7 Å². The molecule has 0 unspecified atom stereocenters. The average Bonchev–Trinajstić information content (AvgIpc) is 1.52. The van der Waals surface area contributed by atoms with Crippen molar-refractivity contribution >= 4 is 75.4 Å². The zero-order valence-electron chi connectivity index (χ0n) is 53.6. The third kappa shape index (κ3) is 19.8. The molecule has 0 radical (unpaired) electrons. The number of carboxylic acid groups (broad SMARTS) is 1.